The van der Waals surface area contributed by atoms with Crippen molar-refractivity contribution in [1.29, 1.82) is 0 Å². The second kappa shape index (κ2) is 26.6. The highest BCUT2D eigenvalue weighted by Gasteiger charge is 2.21. The molecule has 0 spiro atoms. The summed E-state index contributed by atoms with van der Waals surface area (Å²) in [6, 6.07) is 0. The second-order valence-corrected chi connectivity index (χ2v) is 12.9. The summed E-state index contributed by atoms with van der Waals surface area (Å²) in [7, 11) is 1.08. The van der Waals surface area contributed by atoms with Crippen molar-refractivity contribution in [2.45, 2.75) is 109 Å². The molecule has 0 N–H and O–H groups in total. The van der Waals surface area contributed by atoms with Gasteiger partial charge in [0.25, 0.3) is 7.82 Å². The summed E-state index contributed by atoms with van der Waals surface area (Å²) in [6.45, 7) is -0.405. The van der Waals surface area contributed by atoms with Crippen molar-refractivity contribution < 1.29 is 42.1 Å². The molecule has 0 aromatic carbocycles. The number of phosphoric ester groups is 1. The zero-order valence-corrected chi connectivity index (χ0v) is 27.9. The smallest absolute Gasteiger partial charge is 0.306 e. The summed E-state index contributed by atoms with van der Waals surface area (Å²) in [5, 5.41) is 0. The van der Waals surface area contributed by atoms with Crippen LogP contribution in [0.25, 0.3) is 0 Å². The molecule has 2 atom stereocenters. The number of hydrogen-bond donors (Lipinski definition) is 0. The van der Waals surface area contributed by atoms with Gasteiger partial charge in [0.2, 0.25) is 0 Å². The normalized spacial score (nSPS) is 12.7. The van der Waals surface area contributed by atoms with Gasteiger partial charge < -0.3 is 27.9 Å². The van der Waals surface area contributed by atoms with Gasteiger partial charge in [-0.25, -0.2) is 0 Å². The van der Waals surface area contributed by atoms with Gasteiger partial charge >= 0.3 is 11.9 Å². The average Bonchev–Trinajstić information content (AvgIpc) is 2.95. The van der Waals surface area contributed by atoms with Crippen LogP contribution < -0.4 is 4.89 Å². The lowest BCUT2D eigenvalue weighted by Crippen LogP contribution is -2.37. The molecule has 246 valence electrons. The minimum atomic E-state index is -4.63. The van der Waals surface area contributed by atoms with E-state index in [9.17, 15) is 19.0 Å². The third-order valence-corrected chi connectivity index (χ3v) is 7.31. The maximum atomic E-state index is 12.5. The maximum Gasteiger partial charge on any atom is 0.306 e. The monoisotopic (exact) mass is 633 g/mol. The fraction of sp³-hybridized carbons (Fsp3) is 0.706. The van der Waals surface area contributed by atoms with Crippen LogP contribution >= 0.6 is 7.82 Å². The molecule has 0 saturated heterocycles. The van der Waals surface area contributed by atoms with Crippen molar-refractivity contribution in [3.05, 3.63) is 0 Å². The van der Waals surface area contributed by atoms with E-state index in [0.29, 0.717) is 23.9 Å². The Balaban J connectivity index is 4.55. The maximum absolute atomic E-state index is 12.5. The van der Waals surface area contributed by atoms with Crippen LogP contribution in [0, 0.1) is 48.4 Å². The van der Waals surface area contributed by atoms with Gasteiger partial charge in [-0.05, 0) is 49.4 Å². The third-order valence-electron chi connectivity index (χ3n) is 6.34. The predicted molar refractivity (Wildman–Crippen MR) is 170 cm³/mol. The first-order valence-electron chi connectivity index (χ1n) is 15.6. The summed E-state index contributed by atoms with van der Waals surface area (Å²) in [5.41, 5.74) is 0. The number of likely N-dealkylation sites (N-methyl/N-ethyl adjacent to an activating group) is 1. The minimum absolute atomic E-state index is 0.0537. The highest BCUT2D eigenvalue weighted by atomic mass is 31.2. The molecule has 0 aromatic rings. The number of phosphoric acid groups is 1. The van der Waals surface area contributed by atoms with Crippen molar-refractivity contribution >= 4 is 19.8 Å². The Bertz CT molecular complexity index is 1060. The van der Waals surface area contributed by atoms with Crippen LogP contribution in [0.4, 0.5) is 0 Å². The standard InChI is InChI=1S/C34H52NO8P/c1-6-8-10-12-14-16-18-20-22-24-26-33(36)40-30-32(31-42-44(38,39)41-29-28-35(3,4)5)43-34(37)27-25-23-21-19-17-15-13-11-9-7-2/h1-2,32H,12-31H2,3-5H3/t32-/m1/s1. The van der Waals surface area contributed by atoms with Crippen molar-refractivity contribution in [3.63, 3.8) is 0 Å². The molecular weight excluding hydrogens is 581 g/mol. The van der Waals surface area contributed by atoms with E-state index < -0.39 is 32.5 Å². The first-order valence-corrected chi connectivity index (χ1v) is 17.1. The zero-order valence-electron chi connectivity index (χ0n) is 27.0. The topological polar surface area (TPSA) is 111 Å². The van der Waals surface area contributed by atoms with E-state index in [2.05, 4.69) is 35.5 Å². The predicted octanol–water partition coefficient (Wildman–Crippen LogP) is 5.16. The van der Waals surface area contributed by atoms with Gasteiger partial charge in [-0.15, -0.1) is 12.8 Å². The molecule has 0 aliphatic rings. The lowest BCUT2D eigenvalue weighted by atomic mass is 10.1. The van der Waals surface area contributed by atoms with E-state index in [1.165, 1.54) is 0 Å². The van der Waals surface area contributed by atoms with Gasteiger partial charge in [-0.2, -0.15) is 0 Å². The van der Waals surface area contributed by atoms with E-state index in [4.69, 9.17) is 31.4 Å². The summed E-state index contributed by atoms with van der Waals surface area (Å²) in [6.07, 6.45) is 22.3. The molecule has 1 unspecified atom stereocenters. The Morgan fingerprint density at radius 2 is 1.20 bits per heavy atom. The van der Waals surface area contributed by atoms with Crippen LogP contribution in [-0.2, 0) is 32.7 Å². The summed E-state index contributed by atoms with van der Waals surface area (Å²) >= 11 is 0. The molecule has 10 heteroatoms. The fourth-order valence-corrected chi connectivity index (χ4v) is 4.59. The summed E-state index contributed by atoms with van der Waals surface area (Å²) in [4.78, 5) is 37.0. The molecule has 0 radical (unpaired) electrons. The Morgan fingerprint density at radius 1 is 0.727 bits per heavy atom. The lowest BCUT2D eigenvalue weighted by Gasteiger charge is -2.28. The van der Waals surface area contributed by atoms with Crippen LogP contribution in [-0.4, -0.2) is 70.0 Å². The summed E-state index contributed by atoms with van der Waals surface area (Å²) < 4.78 is 33.4. The number of rotatable bonds is 26. The van der Waals surface area contributed by atoms with Crippen molar-refractivity contribution in [3.8, 4) is 48.4 Å². The molecule has 0 fully saturated rings. The third kappa shape index (κ3) is 29.3. The number of terminal acetylenes is 2. The fourth-order valence-electron chi connectivity index (χ4n) is 3.86. The first-order chi connectivity index (χ1) is 21.0. The Hall–Kier alpha value is -2.75. The molecule has 44 heavy (non-hydrogen) atoms. The number of hydrogen-bond acceptors (Lipinski definition) is 8. The van der Waals surface area contributed by atoms with E-state index in [-0.39, 0.29) is 26.1 Å². The molecule has 0 aliphatic carbocycles. The highest BCUT2D eigenvalue weighted by molar-refractivity contribution is 7.45. The number of quaternary nitrogens is 1. The molecular formula is C34H52NO8P. The average molecular weight is 634 g/mol. The van der Waals surface area contributed by atoms with Crippen molar-refractivity contribution in [2.75, 3.05) is 47.5 Å². The SMILES string of the molecule is C#CC#CCCCCCCCCC(=O)OC[C@H](COP(=O)([O-])OCC[N+](C)(C)C)OC(=O)CCCCCCCCC#CC#C. The van der Waals surface area contributed by atoms with E-state index in [0.717, 1.165) is 77.0 Å². The number of carbonyl (C=O) groups is 2. The van der Waals surface area contributed by atoms with Gasteiger partial charge in [0.15, 0.2) is 6.10 Å². The van der Waals surface area contributed by atoms with Crippen LogP contribution in [0.15, 0.2) is 0 Å². The van der Waals surface area contributed by atoms with E-state index in [1.54, 1.807) is 0 Å². The number of nitrogens with zero attached hydrogens (tertiary/aromatic N) is 1. The zero-order chi connectivity index (χ0) is 32.9. The number of esters is 2. The molecule has 0 rings (SSSR count). The largest absolute Gasteiger partial charge is 0.756 e. The summed E-state index contributed by atoms with van der Waals surface area (Å²) in [5.74, 6) is 14.7. The first kappa shape index (κ1) is 41.2. The van der Waals surface area contributed by atoms with E-state index >= 15 is 0 Å². The van der Waals surface area contributed by atoms with Gasteiger partial charge in [0.05, 0.1) is 27.7 Å². The van der Waals surface area contributed by atoms with E-state index in [1.807, 2.05) is 21.1 Å². The van der Waals surface area contributed by atoms with Gasteiger partial charge in [0, 0.05) is 25.7 Å². The molecule has 0 aromatic heterocycles. The van der Waals surface area contributed by atoms with Gasteiger partial charge in [-0.1, -0.05) is 63.2 Å². The second-order valence-electron chi connectivity index (χ2n) is 11.5. The van der Waals surface area contributed by atoms with Crippen molar-refractivity contribution in [1.82, 2.24) is 0 Å². The molecule has 0 bridgehead atoms. The van der Waals surface area contributed by atoms with Crippen molar-refractivity contribution in [2.24, 2.45) is 0 Å². The Labute approximate surface area is 266 Å². The number of ether oxygens (including phenoxy) is 2. The van der Waals surface area contributed by atoms with Crippen LogP contribution in [0.1, 0.15) is 103 Å². The molecule has 0 aliphatic heterocycles. The number of carbonyl (C=O) groups excluding carboxylic acids is 2. The van der Waals surface area contributed by atoms with Crippen LogP contribution in [0.3, 0.4) is 0 Å². The molecule has 0 amide bonds. The molecule has 0 heterocycles. The number of unbranched alkanes of at least 4 members (excludes halogenated alkanes) is 12. The lowest BCUT2D eigenvalue weighted by molar-refractivity contribution is -0.870. The Kier molecular flexibility index (Phi) is 25.0. The van der Waals surface area contributed by atoms with Gasteiger partial charge in [-0.3, -0.25) is 14.2 Å². The van der Waals surface area contributed by atoms with Crippen LogP contribution in [0.2, 0.25) is 0 Å². The highest BCUT2D eigenvalue weighted by Crippen LogP contribution is 2.38. The Morgan fingerprint density at radius 3 is 1.70 bits per heavy atom. The van der Waals surface area contributed by atoms with Gasteiger partial charge in [0.1, 0.15) is 19.8 Å². The minimum Gasteiger partial charge on any atom is -0.756 e. The molecule has 0 saturated carbocycles. The quantitative estimate of drug-likeness (QED) is 0.0422. The van der Waals surface area contributed by atoms with Crippen LogP contribution in [0.5, 0.6) is 0 Å². The molecule has 9 nitrogen and oxygen atoms in total.